The first-order valence-electron chi connectivity index (χ1n) is 7.87. The second kappa shape index (κ2) is 9.05. The molecule has 0 bridgehead atoms. The zero-order valence-corrected chi connectivity index (χ0v) is 14.5. The largest absolute Gasteiger partial charge is 0.385 e. The maximum Gasteiger partial charge on any atom is 0.203 e. The number of likely N-dealkylation sites (N-methyl/N-ethyl adjacent to an activating group) is 1. The predicted molar refractivity (Wildman–Crippen MR) is 89.0 cm³/mol. The van der Waals surface area contributed by atoms with E-state index < -0.39 is 0 Å². The molecule has 122 valence electrons. The highest BCUT2D eigenvalue weighted by Crippen LogP contribution is 2.23. The highest BCUT2D eigenvalue weighted by atomic mass is 16.5. The third kappa shape index (κ3) is 6.48. The van der Waals surface area contributed by atoms with Crippen LogP contribution in [-0.4, -0.2) is 55.4 Å². The number of nitrogens with zero attached hydrogens (tertiary/aromatic N) is 3. The second-order valence-corrected chi connectivity index (χ2v) is 6.43. The average molecular weight is 296 g/mol. The van der Waals surface area contributed by atoms with Crippen molar-refractivity contribution < 1.29 is 4.74 Å². The molecule has 1 aromatic rings. The molecule has 0 amide bonds. The maximum absolute atomic E-state index is 5.09. The number of imidazole rings is 1. The lowest BCUT2D eigenvalue weighted by Gasteiger charge is -2.25. The zero-order chi connectivity index (χ0) is 15.8. The Balaban J connectivity index is 2.80. The predicted octanol–water partition coefficient (Wildman–Crippen LogP) is 2.79. The molecular weight excluding hydrogens is 264 g/mol. The van der Waals surface area contributed by atoms with Gasteiger partial charge in [-0.25, -0.2) is 4.98 Å². The molecule has 0 saturated heterocycles. The number of aromatic nitrogens is 2. The van der Waals surface area contributed by atoms with Crippen LogP contribution >= 0.6 is 0 Å². The minimum absolute atomic E-state index is 0.450. The van der Waals surface area contributed by atoms with Crippen LogP contribution in [0.2, 0.25) is 0 Å². The van der Waals surface area contributed by atoms with Gasteiger partial charge < -0.3 is 19.5 Å². The monoisotopic (exact) mass is 296 g/mol. The quantitative estimate of drug-likeness (QED) is 0.674. The number of rotatable bonds is 10. The van der Waals surface area contributed by atoms with Crippen LogP contribution in [0.15, 0.2) is 6.20 Å². The smallest absolute Gasteiger partial charge is 0.203 e. The molecule has 0 aliphatic heterocycles. The Morgan fingerprint density at radius 1 is 1.38 bits per heavy atom. The molecule has 0 saturated carbocycles. The summed E-state index contributed by atoms with van der Waals surface area (Å²) in [5.74, 6) is 1.65. The summed E-state index contributed by atoms with van der Waals surface area (Å²) in [5.41, 5.74) is 1.07. The lowest BCUT2D eigenvalue weighted by Crippen LogP contribution is -2.26. The molecule has 1 aromatic heterocycles. The van der Waals surface area contributed by atoms with Crippen LogP contribution in [0.5, 0.6) is 0 Å². The first-order chi connectivity index (χ1) is 9.93. The molecule has 0 spiro atoms. The summed E-state index contributed by atoms with van der Waals surface area (Å²) in [4.78, 5) is 6.88. The summed E-state index contributed by atoms with van der Waals surface area (Å²) < 4.78 is 7.40. The van der Waals surface area contributed by atoms with Crippen LogP contribution in [0.25, 0.3) is 0 Å². The topological polar surface area (TPSA) is 42.3 Å². The SMILES string of the molecule is COCCCNc1nc(C)cn1C(CC(C)C)CN(C)C. The van der Waals surface area contributed by atoms with Crippen LogP contribution in [0.1, 0.15) is 38.4 Å². The van der Waals surface area contributed by atoms with Crippen molar-refractivity contribution in [3.63, 3.8) is 0 Å². The average Bonchev–Trinajstić information content (AvgIpc) is 2.74. The summed E-state index contributed by atoms with van der Waals surface area (Å²) in [6.45, 7) is 9.30. The zero-order valence-electron chi connectivity index (χ0n) is 14.5. The van der Waals surface area contributed by atoms with E-state index in [0.717, 1.165) is 44.2 Å². The molecule has 0 aliphatic carbocycles. The minimum atomic E-state index is 0.450. The molecule has 0 aliphatic rings. The molecule has 0 aromatic carbocycles. The molecule has 5 heteroatoms. The first kappa shape index (κ1) is 18.0. The van der Waals surface area contributed by atoms with Gasteiger partial charge in [-0.05, 0) is 39.8 Å². The van der Waals surface area contributed by atoms with Crippen molar-refractivity contribution >= 4 is 5.95 Å². The Bertz CT molecular complexity index is 391. The van der Waals surface area contributed by atoms with Gasteiger partial charge in [-0.1, -0.05) is 13.8 Å². The van der Waals surface area contributed by atoms with Gasteiger partial charge in [0.2, 0.25) is 5.95 Å². The van der Waals surface area contributed by atoms with Crippen LogP contribution in [0, 0.1) is 12.8 Å². The summed E-state index contributed by atoms with van der Waals surface area (Å²) in [5, 5.41) is 3.45. The van der Waals surface area contributed by atoms with Crippen LogP contribution in [-0.2, 0) is 4.74 Å². The highest BCUT2D eigenvalue weighted by Gasteiger charge is 2.18. The molecule has 1 rings (SSSR count). The molecule has 1 atom stereocenters. The molecule has 0 radical (unpaired) electrons. The Labute approximate surface area is 129 Å². The van der Waals surface area contributed by atoms with Crippen molar-refractivity contribution in [3.05, 3.63) is 11.9 Å². The summed E-state index contributed by atoms with van der Waals surface area (Å²) in [6.07, 6.45) is 4.31. The van der Waals surface area contributed by atoms with Crippen molar-refractivity contribution in [1.29, 1.82) is 0 Å². The fraction of sp³-hybridized carbons (Fsp3) is 0.812. The number of hydrogen-bond acceptors (Lipinski definition) is 4. The van der Waals surface area contributed by atoms with Crippen molar-refractivity contribution in [3.8, 4) is 0 Å². The number of ether oxygens (including phenoxy) is 1. The van der Waals surface area contributed by atoms with E-state index in [1.165, 1.54) is 0 Å². The third-order valence-electron chi connectivity index (χ3n) is 3.37. The number of hydrogen-bond donors (Lipinski definition) is 1. The van der Waals surface area contributed by atoms with E-state index in [-0.39, 0.29) is 0 Å². The van der Waals surface area contributed by atoms with E-state index in [0.29, 0.717) is 12.0 Å². The third-order valence-corrected chi connectivity index (χ3v) is 3.37. The number of anilines is 1. The van der Waals surface area contributed by atoms with Crippen LogP contribution < -0.4 is 5.32 Å². The van der Waals surface area contributed by atoms with Gasteiger partial charge in [-0.2, -0.15) is 0 Å². The Morgan fingerprint density at radius 3 is 2.67 bits per heavy atom. The summed E-state index contributed by atoms with van der Waals surface area (Å²) in [7, 11) is 5.99. The minimum Gasteiger partial charge on any atom is -0.385 e. The van der Waals surface area contributed by atoms with E-state index in [1.807, 2.05) is 0 Å². The fourth-order valence-electron chi connectivity index (χ4n) is 2.58. The van der Waals surface area contributed by atoms with Crippen molar-refractivity contribution in [2.45, 2.75) is 39.7 Å². The molecular formula is C16H32N4O. The van der Waals surface area contributed by atoms with E-state index in [9.17, 15) is 0 Å². The van der Waals surface area contributed by atoms with Gasteiger partial charge in [0.15, 0.2) is 0 Å². The highest BCUT2D eigenvalue weighted by molar-refractivity contribution is 5.29. The number of nitrogens with one attached hydrogen (secondary N) is 1. The van der Waals surface area contributed by atoms with Crippen molar-refractivity contribution in [1.82, 2.24) is 14.5 Å². The molecule has 1 unspecified atom stereocenters. The fourth-order valence-corrected chi connectivity index (χ4v) is 2.58. The number of aryl methyl sites for hydroxylation is 1. The Kier molecular flexibility index (Phi) is 7.75. The lowest BCUT2D eigenvalue weighted by atomic mass is 10.0. The van der Waals surface area contributed by atoms with Crippen molar-refractivity contribution in [2.24, 2.45) is 5.92 Å². The van der Waals surface area contributed by atoms with E-state index >= 15 is 0 Å². The van der Waals surface area contributed by atoms with E-state index in [2.05, 4.69) is 60.8 Å². The van der Waals surface area contributed by atoms with E-state index in [4.69, 9.17) is 4.74 Å². The van der Waals surface area contributed by atoms with Crippen molar-refractivity contribution in [2.75, 3.05) is 46.2 Å². The molecule has 0 fully saturated rings. The Morgan fingerprint density at radius 2 is 2.10 bits per heavy atom. The normalized spacial score (nSPS) is 13.1. The van der Waals surface area contributed by atoms with Gasteiger partial charge >= 0.3 is 0 Å². The van der Waals surface area contributed by atoms with E-state index in [1.54, 1.807) is 7.11 Å². The number of methoxy groups -OCH3 is 1. The van der Waals surface area contributed by atoms with Crippen LogP contribution in [0.4, 0.5) is 5.95 Å². The van der Waals surface area contributed by atoms with Gasteiger partial charge in [-0.3, -0.25) is 0 Å². The summed E-state index contributed by atoms with van der Waals surface area (Å²) >= 11 is 0. The molecule has 5 nitrogen and oxygen atoms in total. The molecule has 1 N–H and O–H groups in total. The van der Waals surface area contributed by atoms with Gasteiger partial charge in [0.1, 0.15) is 0 Å². The summed E-state index contributed by atoms with van der Waals surface area (Å²) in [6, 6.07) is 0.450. The standard InChI is InChI=1S/C16H32N4O/c1-13(2)10-15(12-19(4)5)20-11-14(3)18-16(20)17-8-7-9-21-6/h11,13,15H,7-10,12H2,1-6H3,(H,17,18). The second-order valence-electron chi connectivity index (χ2n) is 6.43. The van der Waals surface area contributed by atoms with Gasteiger partial charge in [-0.15, -0.1) is 0 Å². The lowest BCUT2D eigenvalue weighted by molar-refractivity contribution is 0.197. The molecule has 21 heavy (non-hydrogen) atoms. The van der Waals surface area contributed by atoms with Gasteiger partial charge in [0.25, 0.3) is 0 Å². The maximum atomic E-state index is 5.09. The van der Waals surface area contributed by atoms with Gasteiger partial charge in [0.05, 0.1) is 5.69 Å². The molecule has 1 heterocycles. The van der Waals surface area contributed by atoms with Crippen LogP contribution in [0.3, 0.4) is 0 Å². The Hall–Kier alpha value is -1.07. The van der Waals surface area contributed by atoms with Gasteiger partial charge in [0, 0.05) is 39.0 Å². The first-order valence-corrected chi connectivity index (χ1v) is 7.87.